The standard InChI is InChI=1S/C16H12Br2OS/c1-9-6-7-12(11-5-3-2-4-10(9)11)15(19)14-8-13(17)16(18)20-14/h2-8,15,19H,1H3. The van der Waals surface area contributed by atoms with Crippen molar-refractivity contribution >= 4 is 54.0 Å². The minimum Gasteiger partial charge on any atom is -0.383 e. The first-order valence-corrected chi connectivity index (χ1v) is 8.59. The molecule has 102 valence electrons. The van der Waals surface area contributed by atoms with Crippen molar-refractivity contribution in [3.63, 3.8) is 0 Å². The molecule has 0 saturated carbocycles. The van der Waals surface area contributed by atoms with Crippen molar-refractivity contribution in [3.05, 3.63) is 66.7 Å². The van der Waals surface area contributed by atoms with Crippen molar-refractivity contribution in [2.45, 2.75) is 13.0 Å². The highest BCUT2D eigenvalue weighted by Crippen LogP contribution is 2.39. The zero-order chi connectivity index (χ0) is 14.3. The second-order valence-corrected chi connectivity index (χ2v) is 7.95. The van der Waals surface area contributed by atoms with E-state index in [2.05, 4.69) is 57.0 Å². The van der Waals surface area contributed by atoms with E-state index in [1.54, 1.807) is 11.3 Å². The number of benzene rings is 2. The van der Waals surface area contributed by atoms with Crippen LogP contribution in [0.1, 0.15) is 22.1 Å². The molecule has 0 aliphatic heterocycles. The largest absolute Gasteiger partial charge is 0.383 e. The Morgan fingerprint density at radius 2 is 1.75 bits per heavy atom. The molecule has 3 rings (SSSR count). The highest BCUT2D eigenvalue weighted by molar-refractivity contribution is 9.13. The van der Waals surface area contributed by atoms with Gasteiger partial charge in [0.1, 0.15) is 6.10 Å². The average Bonchev–Trinajstić information content (AvgIpc) is 2.79. The summed E-state index contributed by atoms with van der Waals surface area (Å²) in [6, 6.07) is 14.3. The van der Waals surface area contributed by atoms with Crippen LogP contribution in [0.25, 0.3) is 10.8 Å². The monoisotopic (exact) mass is 410 g/mol. The zero-order valence-corrected chi connectivity index (χ0v) is 14.7. The highest BCUT2D eigenvalue weighted by Gasteiger charge is 2.17. The highest BCUT2D eigenvalue weighted by atomic mass is 79.9. The molecule has 0 spiro atoms. The average molecular weight is 412 g/mol. The molecular formula is C16H12Br2OS. The topological polar surface area (TPSA) is 20.2 Å². The Bertz CT molecular complexity index is 760. The molecule has 1 nitrogen and oxygen atoms in total. The predicted octanol–water partition coefficient (Wildman–Crippen LogP) is 5.82. The minimum absolute atomic E-state index is 0.604. The normalized spacial score (nSPS) is 12.8. The van der Waals surface area contributed by atoms with Crippen molar-refractivity contribution in [1.29, 1.82) is 0 Å². The molecule has 1 unspecified atom stereocenters. The molecule has 20 heavy (non-hydrogen) atoms. The maximum Gasteiger partial charge on any atom is 0.114 e. The molecule has 0 aliphatic rings. The molecule has 0 fully saturated rings. The van der Waals surface area contributed by atoms with Crippen molar-refractivity contribution < 1.29 is 5.11 Å². The van der Waals surface area contributed by atoms with E-state index in [0.717, 1.165) is 24.1 Å². The molecule has 1 heterocycles. The second-order valence-electron chi connectivity index (χ2n) is 4.69. The van der Waals surface area contributed by atoms with Gasteiger partial charge in [-0.05, 0) is 66.7 Å². The van der Waals surface area contributed by atoms with Crippen molar-refractivity contribution in [2.75, 3.05) is 0 Å². The number of rotatable bonds is 2. The van der Waals surface area contributed by atoms with Crippen LogP contribution in [0, 0.1) is 6.92 Å². The van der Waals surface area contributed by atoms with Crippen LogP contribution in [-0.2, 0) is 0 Å². The van der Waals surface area contributed by atoms with Crippen LogP contribution in [0.4, 0.5) is 0 Å². The Morgan fingerprint density at radius 3 is 2.40 bits per heavy atom. The Labute approximate surface area is 138 Å². The number of hydrogen-bond acceptors (Lipinski definition) is 2. The Hall–Kier alpha value is -0.680. The number of thiophene rings is 1. The quantitative estimate of drug-likeness (QED) is 0.563. The third kappa shape index (κ3) is 2.46. The smallest absolute Gasteiger partial charge is 0.114 e. The molecule has 3 aromatic rings. The van der Waals surface area contributed by atoms with Gasteiger partial charge in [-0.25, -0.2) is 0 Å². The number of aliphatic hydroxyl groups excluding tert-OH is 1. The molecule has 1 atom stereocenters. The van der Waals surface area contributed by atoms with Gasteiger partial charge in [0.05, 0.1) is 3.79 Å². The number of aliphatic hydroxyl groups is 1. The van der Waals surface area contributed by atoms with E-state index < -0.39 is 6.10 Å². The summed E-state index contributed by atoms with van der Waals surface area (Å²) in [5, 5.41) is 13.0. The van der Waals surface area contributed by atoms with Gasteiger partial charge in [-0.1, -0.05) is 36.4 Å². The van der Waals surface area contributed by atoms with E-state index in [-0.39, 0.29) is 0 Å². The van der Waals surface area contributed by atoms with Gasteiger partial charge in [-0.3, -0.25) is 0 Å². The van der Waals surface area contributed by atoms with E-state index >= 15 is 0 Å². The first-order valence-electron chi connectivity index (χ1n) is 6.19. The van der Waals surface area contributed by atoms with E-state index in [9.17, 15) is 5.11 Å². The van der Waals surface area contributed by atoms with Gasteiger partial charge < -0.3 is 5.11 Å². The second kappa shape index (κ2) is 5.60. The van der Waals surface area contributed by atoms with E-state index in [1.807, 2.05) is 24.3 Å². The molecular weight excluding hydrogens is 400 g/mol. The van der Waals surface area contributed by atoms with Crippen LogP contribution in [-0.4, -0.2) is 5.11 Å². The number of aryl methyl sites for hydroxylation is 1. The van der Waals surface area contributed by atoms with E-state index in [0.29, 0.717) is 0 Å². The number of halogens is 2. The molecule has 0 saturated heterocycles. The third-order valence-corrected chi connectivity index (χ3v) is 6.71. The van der Waals surface area contributed by atoms with Gasteiger partial charge in [0.15, 0.2) is 0 Å². The van der Waals surface area contributed by atoms with Gasteiger partial charge in [0.25, 0.3) is 0 Å². The summed E-state index contributed by atoms with van der Waals surface area (Å²) in [5.41, 5.74) is 2.18. The molecule has 0 aliphatic carbocycles. The molecule has 4 heteroatoms. The lowest BCUT2D eigenvalue weighted by atomic mass is 9.96. The van der Waals surface area contributed by atoms with Gasteiger partial charge in [0.2, 0.25) is 0 Å². The van der Waals surface area contributed by atoms with Crippen LogP contribution in [0.3, 0.4) is 0 Å². The fourth-order valence-electron chi connectivity index (χ4n) is 2.36. The molecule has 1 aromatic heterocycles. The summed E-state index contributed by atoms with van der Waals surface area (Å²) in [4.78, 5) is 0.928. The van der Waals surface area contributed by atoms with Crippen molar-refractivity contribution in [3.8, 4) is 0 Å². The summed E-state index contributed by atoms with van der Waals surface area (Å²) >= 11 is 8.50. The Morgan fingerprint density at radius 1 is 1.05 bits per heavy atom. The summed E-state index contributed by atoms with van der Waals surface area (Å²) in [5.74, 6) is 0. The van der Waals surface area contributed by atoms with Crippen LogP contribution in [0.2, 0.25) is 0 Å². The fourth-order valence-corrected chi connectivity index (χ4v) is 4.46. The van der Waals surface area contributed by atoms with Crippen LogP contribution in [0.5, 0.6) is 0 Å². The Balaban J connectivity index is 2.17. The van der Waals surface area contributed by atoms with E-state index in [4.69, 9.17) is 0 Å². The molecule has 0 radical (unpaired) electrons. The molecule has 0 bridgehead atoms. The predicted molar refractivity (Wildman–Crippen MR) is 92.5 cm³/mol. The van der Waals surface area contributed by atoms with Gasteiger partial charge in [-0.15, -0.1) is 11.3 Å². The number of fused-ring (bicyclic) bond motifs is 1. The van der Waals surface area contributed by atoms with Crippen molar-refractivity contribution in [2.24, 2.45) is 0 Å². The SMILES string of the molecule is Cc1ccc(C(O)c2cc(Br)c(Br)s2)c2ccccc12. The van der Waals surface area contributed by atoms with Gasteiger partial charge in [-0.2, -0.15) is 0 Å². The molecule has 1 N–H and O–H groups in total. The maximum atomic E-state index is 10.7. The summed E-state index contributed by atoms with van der Waals surface area (Å²) in [6.45, 7) is 2.09. The van der Waals surface area contributed by atoms with Gasteiger partial charge in [0, 0.05) is 9.35 Å². The van der Waals surface area contributed by atoms with Crippen molar-refractivity contribution in [1.82, 2.24) is 0 Å². The minimum atomic E-state index is -0.604. The summed E-state index contributed by atoms with van der Waals surface area (Å²) < 4.78 is 1.98. The summed E-state index contributed by atoms with van der Waals surface area (Å²) in [7, 11) is 0. The molecule has 0 amide bonds. The van der Waals surface area contributed by atoms with Crippen LogP contribution in [0.15, 0.2) is 50.7 Å². The lowest BCUT2D eigenvalue weighted by molar-refractivity contribution is 0.225. The molecule has 2 aromatic carbocycles. The van der Waals surface area contributed by atoms with Crippen LogP contribution < -0.4 is 0 Å². The first kappa shape index (κ1) is 14.3. The third-order valence-electron chi connectivity index (χ3n) is 3.40. The zero-order valence-electron chi connectivity index (χ0n) is 10.7. The summed E-state index contributed by atoms with van der Waals surface area (Å²) in [6.07, 6.45) is -0.604. The van der Waals surface area contributed by atoms with Crippen LogP contribution >= 0.6 is 43.2 Å². The van der Waals surface area contributed by atoms with E-state index in [1.165, 1.54) is 10.9 Å². The van der Waals surface area contributed by atoms with Gasteiger partial charge >= 0.3 is 0 Å². The number of hydrogen-bond donors (Lipinski definition) is 1. The fraction of sp³-hybridized carbons (Fsp3) is 0.125. The lowest BCUT2D eigenvalue weighted by Gasteiger charge is -2.13. The first-order chi connectivity index (χ1) is 9.58. The Kier molecular flexibility index (Phi) is 4.00. The lowest BCUT2D eigenvalue weighted by Crippen LogP contribution is -1.98. The maximum absolute atomic E-state index is 10.7.